The second-order valence-corrected chi connectivity index (χ2v) is 4.44. The van der Waals surface area contributed by atoms with Crippen molar-refractivity contribution in [3.05, 3.63) is 27.5 Å². The molecular formula is C9H8BrClN2O2. The predicted molar refractivity (Wildman–Crippen MR) is 59.0 cm³/mol. The van der Waals surface area contributed by atoms with E-state index in [1.165, 1.54) is 12.3 Å². The molecule has 15 heavy (non-hydrogen) atoms. The maximum atomic E-state index is 11.7. The molecule has 6 heteroatoms. The van der Waals surface area contributed by atoms with Gasteiger partial charge in [0, 0.05) is 10.7 Å². The molecule has 1 saturated heterocycles. The minimum Gasteiger partial charge on any atom is -0.377 e. The highest BCUT2D eigenvalue weighted by Gasteiger charge is 2.22. The normalized spacial score (nSPS) is 15.9. The van der Waals surface area contributed by atoms with Crippen molar-refractivity contribution in [3.8, 4) is 0 Å². The van der Waals surface area contributed by atoms with Gasteiger partial charge >= 0.3 is 0 Å². The zero-order chi connectivity index (χ0) is 10.8. The average molecular weight is 292 g/mol. The molecule has 1 aromatic rings. The molecule has 1 fully saturated rings. The summed E-state index contributed by atoms with van der Waals surface area (Å²) in [6.45, 7) is 1.14. The molecule has 4 nitrogen and oxygen atoms in total. The molecule has 2 rings (SSSR count). The number of hydrogen-bond acceptors (Lipinski definition) is 3. The summed E-state index contributed by atoms with van der Waals surface area (Å²) in [5.41, 5.74) is 0.488. The Bertz CT molecular complexity index is 396. The number of halogens is 2. The number of ether oxygens (including phenoxy) is 1. The fourth-order valence-corrected chi connectivity index (χ4v) is 1.72. The number of pyridine rings is 1. The van der Waals surface area contributed by atoms with Crippen molar-refractivity contribution in [2.75, 3.05) is 13.2 Å². The first-order valence-electron chi connectivity index (χ1n) is 4.36. The fraction of sp³-hybridized carbons (Fsp3) is 0.333. The van der Waals surface area contributed by atoms with E-state index in [1.807, 2.05) is 0 Å². The van der Waals surface area contributed by atoms with E-state index in [-0.39, 0.29) is 11.9 Å². The number of nitrogens with one attached hydrogen (secondary N) is 1. The van der Waals surface area contributed by atoms with Crippen LogP contribution in [0.1, 0.15) is 10.4 Å². The van der Waals surface area contributed by atoms with Crippen molar-refractivity contribution in [2.45, 2.75) is 6.04 Å². The van der Waals surface area contributed by atoms with Crippen LogP contribution in [0.5, 0.6) is 0 Å². The molecule has 1 N–H and O–H groups in total. The van der Waals surface area contributed by atoms with Crippen LogP contribution < -0.4 is 5.32 Å². The van der Waals surface area contributed by atoms with E-state index in [4.69, 9.17) is 16.3 Å². The van der Waals surface area contributed by atoms with E-state index in [0.717, 1.165) is 0 Å². The Morgan fingerprint density at radius 1 is 1.67 bits per heavy atom. The zero-order valence-corrected chi connectivity index (χ0v) is 10.0. The van der Waals surface area contributed by atoms with Crippen molar-refractivity contribution in [1.82, 2.24) is 10.3 Å². The van der Waals surface area contributed by atoms with Gasteiger partial charge in [-0.05, 0) is 22.0 Å². The van der Waals surface area contributed by atoms with Gasteiger partial charge in [0.1, 0.15) is 5.15 Å². The number of aromatic nitrogens is 1. The van der Waals surface area contributed by atoms with Gasteiger partial charge in [-0.3, -0.25) is 4.79 Å². The van der Waals surface area contributed by atoms with Gasteiger partial charge in [0.25, 0.3) is 5.91 Å². The lowest BCUT2D eigenvalue weighted by atomic mass is 10.2. The third-order valence-corrected chi connectivity index (χ3v) is 2.88. The molecule has 1 aromatic heterocycles. The molecule has 2 heterocycles. The van der Waals surface area contributed by atoms with Crippen molar-refractivity contribution in [1.29, 1.82) is 0 Å². The molecule has 0 saturated carbocycles. The van der Waals surface area contributed by atoms with Crippen LogP contribution in [0.2, 0.25) is 5.15 Å². The van der Waals surface area contributed by atoms with E-state index < -0.39 is 0 Å². The molecule has 0 radical (unpaired) electrons. The van der Waals surface area contributed by atoms with Crippen molar-refractivity contribution < 1.29 is 9.53 Å². The summed E-state index contributed by atoms with van der Waals surface area (Å²) < 4.78 is 5.59. The van der Waals surface area contributed by atoms with E-state index >= 15 is 0 Å². The van der Waals surface area contributed by atoms with Gasteiger partial charge < -0.3 is 10.1 Å². The highest BCUT2D eigenvalue weighted by atomic mass is 79.9. The molecule has 0 aliphatic carbocycles. The molecule has 0 bridgehead atoms. The van der Waals surface area contributed by atoms with E-state index in [9.17, 15) is 4.79 Å². The summed E-state index contributed by atoms with van der Waals surface area (Å²) in [6.07, 6.45) is 1.51. The SMILES string of the molecule is O=C(NC1COC1)c1cc(Cl)ncc1Br. The third-order valence-electron chi connectivity index (χ3n) is 2.04. The van der Waals surface area contributed by atoms with Crippen LogP contribution in [-0.4, -0.2) is 30.1 Å². The van der Waals surface area contributed by atoms with Gasteiger partial charge in [-0.2, -0.15) is 0 Å². The molecule has 80 valence electrons. The number of amides is 1. The molecule has 1 aliphatic rings. The Balaban J connectivity index is 2.12. The summed E-state index contributed by atoms with van der Waals surface area (Å²) in [5.74, 6) is -0.167. The standard InChI is InChI=1S/C9H8BrClN2O2/c10-7-2-12-8(11)1-6(7)9(14)13-5-3-15-4-5/h1-2,5H,3-4H2,(H,13,14). The summed E-state index contributed by atoms with van der Waals surface area (Å²) in [6, 6.07) is 1.64. The quantitative estimate of drug-likeness (QED) is 0.843. The van der Waals surface area contributed by atoms with Gasteiger partial charge in [0.15, 0.2) is 0 Å². The smallest absolute Gasteiger partial charge is 0.252 e. The van der Waals surface area contributed by atoms with E-state index in [2.05, 4.69) is 26.2 Å². The zero-order valence-electron chi connectivity index (χ0n) is 7.67. The average Bonchev–Trinajstić information content (AvgIpc) is 2.15. The Kier molecular flexibility index (Phi) is 3.23. The van der Waals surface area contributed by atoms with Crippen LogP contribution in [0, 0.1) is 0 Å². The van der Waals surface area contributed by atoms with Crippen LogP contribution >= 0.6 is 27.5 Å². The van der Waals surface area contributed by atoms with Gasteiger partial charge in [0.2, 0.25) is 0 Å². The van der Waals surface area contributed by atoms with Crippen LogP contribution in [-0.2, 0) is 4.74 Å². The third kappa shape index (κ3) is 2.48. The first-order valence-corrected chi connectivity index (χ1v) is 5.53. The molecule has 0 spiro atoms. The Labute approximate surface area is 100 Å². The Hall–Kier alpha value is -0.650. The predicted octanol–water partition coefficient (Wildman–Crippen LogP) is 1.63. The minimum absolute atomic E-state index is 0.108. The Morgan fingerprint density at radius 2 is 2.40 bits per heavy atom. The highest BCUT2D eigenvalue weighted by Crippen LogP contribution is 2.19. The first kappa shape index (κ1) is 10.9. The number of nitrogens with zero attached hydrogens (tertiary/aromatic N) is 1. The molecular weight excluding hydrogens is 283 g/mol. The summed E-state index contributed by atoms with van der Waals surface area (Å²) in [5, 5.41) is 3.12. The fourth-order valence-electron chi connectivity index (χ4n) is 1.17. The highest BCUT2D eigenvalue weighted by molar-refractivity contribution is 9.10. The van der Waals surface area contributed by atoms with E-state index in [0.29, 0.717) is 28.4 Å². The monoisotopic (exact) mass is 290 g/mol. The first-order chi connectivity index (χ1) is 7.16. The second kappa shape index (κ2) is 4.47. The second-order valence-electron chi connectivity index (χ2n) is 3.19. The van der Waals surface area contributed by atoms with Crippen LogP contribution in [0.15, 0.2) is 16.7 Å². The van der Waals surface area contributed by atoms with Crippen LogP contribution in [0.4, 0.5) is 0 Å². The number of carbonyl (C=O) groups excluding carboxylic acids is 1. The maximum absolute atomic E-state index is 11.7. The molecule has 0 atom stereocenters. The lowest BCUT2D eigenvalue weighted by Crippen LogP contribution is -2.48. The molecule has 0 aromatic carbocycles. The van der Waals surface area contributed by atoms with Gasteiger partial charge in [-0.15, -0.1) is 0 Å². The number of carbonyl (C=O) groups is 1. The van der Waals surface area contributed by atoms with Gasteiger partial charge in [0.05, 0.1) is 24.8 Å². The van der Waals surface area contributed by atoms with Crippen LogP contribution in [0.3, 0.4) is 0 Å². The van der Waals surface area contributed by atoms with Crippen molar-refractivity contribution in [2.24, 2.45) is 0 Å². The minimum atomic E-state index is -0.167. The lowest BCUT2D eigenvalue weighted by molar-refractivity contribution is -0.00347. The summed E-state index contributed by atoms with van der Waals surface area (Å²) >= 11 is 8.96. The maximum Gasteiger partial charge on any atom is 0.252 e. The van der Waals surface area contributed by atoms with Crippen molar-refractivity contribution in [3.63, 3.8) is 0 Å². The molecule has 1 aliphatic heterocycles. The summed E-state index contributed by atoms with van der Waals surface area (Å²) in [7, 11) is 0. The van der Waals surface area contributed by atoms with Crippen molar-refractivity contribution >= 4 is 33.4 Å². The topological polar surface area (TPSA) is 51.2 Å². The van der Waals surface area contributed by atoms with Gasteiger partial charge in [-0.25, -0.2) is 4.98 Å². The Morgan fingerprint density at radius 3 is 3.00 bits per heavy atom. The largest absolute Gasteiger partial charge is 0.377 e. The van der Waals surface area contributed by atoms with E-state index in [1.54, 1.807) is 0 Å². The number of rotatable bonds is 2. The lowest BCUT2D eigenvalue weighted by Gasteiger charge is -2.26. The molecule has 1 amide bonds. The van der Waals surface area contributed by atoms with Crippen LogP contribution in [0.25, 0.3) is 0 Å². The van der Waals surface area contributed by atoms with Gasteiger partial charge in [-0.1, -0.05) is 11.6 Å². The number of hydrogen-bond donors (Lipinski definition) is 1. The summed E-state index contributed by atoms with van der Waals surface area (Å²) in [4.78, 5) is 15.6. The molecule has 0 unspecified atom stereocenters.